The normalized spacial score (nSPS) is 18.7. The van der Waals surface area contributed by atoms with Crippen LogP contribution >= 0.6 is 23.5 Å². The topological polar surface area (TPSA) is 29.5 Å². The first-order valence-corrected chi connectivity index (χ1v) is 10.0. The number of anilines is 1. The third-order valence-corrected chi connectivity index (χ3v) is 6.55. The zero-order valence-corrected chi connectivity index (χ0v) is 16.1. The van der Waals surface area contributed by atoms with Crippen LogP contribution in [0.3, 0.4) is 0 Å². The zero-order valence-electron chi connectivity index (χ0n) is 14.5. The van der Waals surface area contributed by atoms with Crippen molar-refractivity contribution < 1.29 is 9.53 Å². The molecule has 1 heterocycles. The molecule has 0 aliphatic carbocycles. The largest absolute Gasteiger partial charge is 0.498 e. The molecule has 0 unspecified atom stereocenters. The van der Waals surface area contributed by atoms with Crippen molar-refractivity contribution in [1.82, 2.24) is 0 Å². The average Bonchev–Trinajstić information content (AvgIpc) is 2.50. The van der Waals surface area contributed by atoms with E-state index in [4.69, 9.17) is 4.74 Å². The number of hydrogen-bond acceptors (Lipinski definition) is 4. The summed E-state index contributed by atoms with van der Waals surface area (Å²) in [5, 5.41) is 0. The summed E-state index contributed by atoms with van der Waals surface area (Å²) in [7, 11) is 0. The fourth-order valence-corrected chi connectivity index (χ4v) is 6.00. The van der Waals surface area contributed by atoms with Gasteiger partial charge in [0, 0.05) is 5.69 Å². The lowest BCUT2D eigenvalue weighted by atomic mass is 10.0. The lowest BCUT2D eigenvalue weighted by Gasteiger charge is -2.52. The van der Waals surface area contributed by atoms with Crippen LogP contribution in [0.5, 0.6) is 0 Å². The number of aryl methyl sites for hydroxylation is 1. The molecule has 0 saturated carbocycles. The van der Waals surface area contributed by atoms with Gasteiger partial charge < -0.3 is 4.74 Å². The Morgan fingerprint density at radius 3 is 2.17 bits per heavy atom. The predicted octanol–water partition coefficient (Wildman–Crippen LogP) is 4.81. The van der Waals surface area contributed by atoms with E-state index in [1.807, 2.05) is 30.9 Å². The van der Waals surface area contributed by atoms with Crippen molar-refractivity contribution in [2.75, 3.05) is 23.0 Å². The van der Waals surface area contributed by atoms with Gasteiger partial charge in [0.05, 0.1) is 6.61 Å². The quantitative estimate of drug-likeness (QED) is 0.305. The lowest BCUT2D eigenvalue weighted by molar-refractivity contribution is -0.118. The fraction of sp³-hybridized carbons (Fsp3) is 0.500. The number of rotatable bonds is 7. The smallest absolute Gasteiger partial charge is 0.263 e. The number of carbonyl (C=O) groups is 1. The summed E-state index contributed by atoms with van der Waals surface area (Å²) in [6.07, 6.45) is 0. The van der Waals surface area contributed by atoms with E-state index in [1.165, 1.54) is 5.56 Å². The van der Waals surface area contributed by atoms with Gasteiger partial charge in [0.25, 0.3) is 5.91 Å². The van der Waals surface area contributed by atoms with E-state index in [-0.39, 0.29) is 10.1 Å². The number of carbonyl (C=O) groups excluding carboxylic acids is 1. The van der Waals surface area contributed by atoms with E-state index in [1.54, 1.807) is 23.5 Å². The third kappa shape index (κ3) is 3.26. The molecule has 1 aromatic rings. The minimum Gasteiger partial charge on any atom is -0.498 e. The molecule has 1 aliphatic heterocycles. The van der Waals surface area contributed by atoms with Gasteiger partial charge >= 0.3 is 0 Å². The van der Waals surface area contributed by atoms with Crippen LogP contribution in [0.2, 0.25) is 0 Å². The maximum Gasteiger partial charge on any atom is 0.263 e. The minimum absolute atomic E-state index is 0.0571. The number of allylic oxidation sites excluding steroid dienone is 1. The molecule has 0 N–H and O–H groups in total. The summed E-state index contributed by atoms with van der Waals surface area (Å²) in [4.78, 5) is 14.8. The van der Waals surface area contributed by atoms with Gasteiger partial charge in [-0.05, 0) is 44.4 Å². The Morgan fingerprint density at radius 2 is 1.70 bits per heavy atom. The number of β-lactam (4-membered cyclic amide) rings is 1. The van der Waals surface area contributed by atoms with Gasteiger partial charge in [0.1, 0.15) is 11.3 Å². The highest BCUT2D eigenvalue weighted by molar-refractivity contribution is 8.19. The zero-order chi connectivity index (χ0) is 17.0. The number of ether oxygens (including phenoxy) is 1. The van der Waals surface area contributed by atoms with Crippen molar-refractivity contribution in [2.24, 2.45) is 0 Å². The standard InChI is InChI=1S/C18H25NO2S2/c1-6-21-14(5)16-17(20)19(15-11-9-13(4)10-12-15)18(16,22-7-2)23-8-3/h9-12H,6-8H2,1-5H3/b16-14+. The van der Waals surface area contributed by atoms with Crippen LogP contribution in [0.15, 0.2) is 35.6 Å². The first-order chi connectivity index (χ1) is 11.0. The number of hydrogen-bond donors (Lipinski definition) is 0. The second-order valence-electron chi connectivity index (χ2n) is 5.29. The van der Waals surface area contributed by atoms with Crippen molar-refractivity contribution in [1.29, 1.82) is 0 Å². The maximum atomic E-state index is 12.9. The van der Waals surface area contributed by atoms with Gasteiger partial charge in [-0.25, -0.2) is 0 Å². The van der Waals surface area contributed by atoms with E-state index in [0.29, 0.717) is 6.61 Å². The van der Waals surface area contributed by atoms with Crippen LogP contribution in [-0.2, 0) is 9.53 Å². The molecule has 0 radical (unpaired) electrons. The van der Waals surface area contributed by atoms with Gasteiger partial charge in [0.2, 0.25) is 0 Å². The van der Waals surface area contributed by atoms with Crippen LogP contribution in [0.4, 0.5) is 5.69 Å². The highest BCUT2D eigenvalue weighted by atomic mass is 32.2. The van der Waals surface area contributed by atoms with Crippen LogP contribution < -0.4 is 4.90 Å². The monoisotopic (exact) mass is 351 g/mol. The number of nitrogens with zero attached hydrogens (tertiary/aromatic N) is 1. The van der Waals surface area contributed by atoms with Crippen molar-refractivity contribution in [3.8, 4) is 0 Å². The summed E-state index contributed by atoms with van der Waals surface area (Å²) >= 11 is 3.59. The summed E-state index contributed by atoms with van der Waals surface area (Å²) < 4.78 is 5.29. The SMILES string of the molecule is CCO/C(C)=C1\C(=O)N(c2ccc(C)cc2)C1(SCC)SCC. The Labute approximate surface area is 147 Å². The first-order valence-electron chi connectivity index (χ1n) is 8.05. The molecule has 2 rings (SSSR count). The van der Waals surface area contributed by atoms with Crippen molar-refractivity contribution >= 4 is 35.1 Å². The molecule has 0 aromatic heterocycles. The highest BCUT2D eigenvalue weighted by Crippen LogP contribution is 2.56. The molecular weight excluding hydrogens is 326 g/mol. The average molecular weight is 352 g/mol. The predicted molar refractivity (Wildman–Crippen MR) is 102 cm³/mol. The molecule has 0 spiro atoms. The molecule has 0 bridgehead atoms. The van der Waals surface area contributed by atoms with E-state index >= 15 is 0 Å². The van der Waals surface area contributed by atoms with Crippen LogP contribution in [0, 0.1) is 6.92 Å². The number of thioether (sulfide) groups is 2. The summed E-state index contributed by atoms with van der Waals surface area (Å²) in [5.41, 5.74) is 2.95. The molecule has 1 aliphatic rings. The van der Waals surface area contributed by atoms with Crippen molar-refractivity contribution in [3.05, 3.63) is 41.2 Å². The fourth-order valence-electron chi connectivity index (χ4n) is 2.79. The highest BCUT2D eigenvalue weighted by Gasteiger charge is 2.59. The molecule has 5 heteroatoms. The summed E-state index contributed by atoms with van der Waals surface area (Å²) in [6, 6.07) is 8.16. The molecule has 1 amide bonds. The number of benzene rings is 1. The van der Waals surface area contributed by atoms with Crippen molar-refractivity contribution in [2.45, 2.75) is 38.8 Å². The van der Waals surface area contributed by atoms with Crippen LogP contribution in [0.1, 0.15) is 33.3 Å². The summed E-state index contributed by atoms with van der Waals surface area (Å²) in [5.74, 6) is 2.68. The lowest BCUT2D eigenvalue weighted by Crippen LogP contribution is -2.63. The van der Waals surface area contributed by atoms with Gasteiger partial charge in [-0.15, -0.1) is 23.5 Å². The molecule has 3 nitrogen and oxygen atoms in total. The van der Waals surface area contributed by atoms with Gasteiger partial charge in [-0.3, -0.25) is 9.69 Å². The molecule has 1 saturated heterocycles. The van der Waals surface area contributed by atoms with E-state index in [9.17, 15) is 4.79 Å². The van der Waals surface area contributed by atoms with Gasteiger partial charge in [-0.1, -0.05) is 31.5 Å². The van der Waals surface area contributed by atoms with E-state index < -0.39 is 0 Å². The first kappa shape index (κ1) is 18.3. The third-order valence-electron chi connectivity index (χ3n) is 3.71. The van der Waals surface area contributed by atoms with Crippen LogP contribution in [-0.4, -0.2) is 28.2 Å². The van der Waals surface area contributed by atoms with E-state index in [2.05, 4.69) is 32.9 Å². The second kappa shape index (κ2) is 7.67. The molecule has 1 aromatic carbocycles. The Kier molecular flexibility index (Phi) is 6.09. The molecule has 126 valence electrons. The van der Waals surface area contributed by atoms with E-state index in [0.717, 1.165) is 28.5 Å². The number of amides is 1. The van der Waals surface area contributed by atoms with Crippen LogP contribution in [0.25, 0.3) is 0 Å². The molecule has 0 atom stereocenters. The Bertz CT molecular complexity index is 590. The molecular formula is C18H25NO2S2. The Balaban J connectivity index is 2.50. The van der Waals surface area contributed by atoms with Crippen molar-refractivity contribution in [3.63, 3.8) is 0 Å². The molecule has 23 heavy (non-hydrogen) atoms. The molecule has 1 fully saturated rings. The second-order valence-corrected chi connectivity index (χ2v) is 8.46. The summed E-state index contributed by atoms with van der Waals surface area (Å²) in [6.45, 7) is 10.8. The van der Waals surface area contributed by atoms with Gasteiger partial charge in [0.15, 0.2) is 4.20 Å². The maximum absolute atomic E-state index is 12.9. The Morgan fingerprint density at radius 1 is 1.13 bits per heavy atom. The minimum atomic E-state index is -0.380. The van der Waals surface area contributed by atoms with Gasteiger partial charge in [-0.2, -0.15) is 0 Å². The Hall–Kier alpha value is -1.07.